The van der Waals surface area contributed by atoms with Crippen LogP contribution in [0, 0.1) is 12.3 Å². The third kappa shape index (κ3) is 4.41. The summed E-state index contributed by atoms with van der Waals surface area (Å²) in [5.74, 6) is 3.36. The highest BCUT2D eigenvalue weighted by Crippen LogP contribution is 2.18. The number of benzene rings is 1. The summed E-state index contributed by atoms with van der Waals surface area (Å²) >= 11 is 1.74. The Balaban J connectivity index is 1.88. The molecule has 0 saturated heterocycles. The Kier molecular flexibility index (Phi) is 5.67. The molecular formula is C17H19NOS. The van der Waals surface area contributed by atoms with Crippen LogP contribution in [0.15, 0.2) is 41.1 Å². The lowest BCUT2D eigenvalue weighted by Gasteiger charge is -2.15. The van der Waals surface area contributed by atoms with E-state index in [0.29, 0.717) is 12.6 Å². The lowest BCUT2D eigenvalue weighted by Crippen LogP contribution is -2.27. The Bertz CT molecular complexity index is 557. The Morgan fingerprint density at radius 3 is 2.95 bits per heavy atom. The highest BCUT2D eigenvalue weighted by molar-refractivity contribution is 7.07. The summed E-state index contributed by atoms with van der Waals surface area (Å²) in [6.45, 7) is 3.29. The Hall–Kier alpha value is -1.76. The van der Waals surface area contributed by atoms with Gasteiger partial charge in [-0.15, -0.1) is 6.42 Å². The Morgan fingerprint density at radius 1 is 1.35 bits per heavy atom. The first-order valence-corrected chi connectivity index (χ1v) is 7.62. The number of thiophene rings is 1. The highest BCUT2D eigenvalue weighted by Gasteiger charge is 2.06. The molecule has 104 valence electrons. The molecule has 1 heterocycles. The fraction of sp³-hybridized carbons (Fsp3) is 0.294. The number of hydrogen-bond acceptors (Lipinski definition) is 3. The van der Waals surface area contributed by atoms with Gasteiger partial charge in [0, 0.05) is 18.2 Å². The summed E-state index contributed by atoms with van der Waals surface area (Å²) in [4.78, 5) is 0. The average molecular weight is 285 g/mol. The average Bonchev–Trinajstić information content (AvgIpc) is 2.96. The second-order valence-corrected chi connectivity index (χ2v) is 5.50. The van der Waals surface area contributed by atoms with Gasteiger partial charge in [0.2, 0.25) is 0 Å². The van der Waals surface area contributed by atoms with Gasteiger partial charge in [-0.3, -0.25) is 0 Å². The van der Waals surface area contributed by atoms with E-state index in [4.69, 9.17) is 11.2 Å². The molecule has 0 radical (unpaired) electrons. The van der Waals surface area contributed by atoms with Crippen LogP contribution in [-0.4, -0.2) is 12.6 Å². The van der Waals surface area contributed by atoms with Crippen LogP contribution in [0.4, 0.5) is 0 Å². The third-order valence-electron chi connectivity index (χ3n) is 3.05. The minimum absolute atomic E-state index is 0.307. The monoisotopic (exact) mass is 285 g/mol. The van der Waals surface area contributed by atoms with Gasteiger partial charge in [0.25, 0.3) is 0 Å². The minimum Gasteiger partial charge on any atom is -0.481 e. The molecule has 1 aromatic heterocycles. The van der Waals surface area contributed by atoms with Crippen molar-refractivity contribution in [2.45, 2.75) is 25.9 Å². The normalized spacial score (nSPS) is 11.8. The lowest BCUT2D eigenvalue weighted by molar-refractivity contribution is 0.363. The second kappa shape index (κ2) is 7.74. The molecule has 1 aromatic carbocycles. The molecule has 0 aliphatic rings. The fourth-order valence-electron chi connectivity index (χ4n) is 2.03. The number of para-hydroxylation sites is 1. The van der Waals surface area contributed by atoms with Crippen LogP contribution in [-0.2, 0) is 13.0 Å². The molecule has 1 N–H and O–H groups in total. The summed E-state index contributed by atoms with van der Waals surface area (Å²) in [5, 5.41) is 7.84. The van der Waals surface area contributed by atoms with E-state index in [1.54, 1.807) is 11.3 Å². The molecule has 0 fully saturated rings. The molecule has 0 saturated carbocycles. The summed E-state index contributed by atoms with van der Waals surface area (Å²) in [5.41, 5.74) is 2.52. The van der Waals surface area contributed by atoms with Gasteiger partial charge in [0.1, 0.15) is 12.4 Å². The maximum atomic E-state index is 5.55. The first-order chi connectivity index (χ1) is 9.79. The maximum absolute atomic E-state index is 5.55. The van der Waals surface area contributed by atoms with Crippen molar-refractivity contribution < 1.29 is 4.74 Å². The van der Waals surface area contributed by atoms with Crippen LogP contribution in [0.3, 0.4) is 0 Å². The van der Waals surface area contributed by atoms with Gasteiger partial charge in [-0.1, -0.05) is 24.1 Å². The number of ether oxygens (including phenoxy) is 1. The summed E-state index contributed by atoms with van der Waals surface area (Å²) in [7, 11) is 0. The zero-order valence-corrected chi connectivity index (χ0v) is 12.5. The van der Waals surface area contributed by atoms with E-state index in [1.165, 1.54) is 5.56 Å². The second-order valence-electron chi connectivity index (χ2n) is 4.72. The highest BCUT2D eigenvalue weighted by atomic mass is 32.1. The van der Waals surface area contributed by atoms with Crippen molar-refractivity contribution in [3.8, 4) is 18.1 Å². The van der Waals surface area contributed by atoms with Gasteiger partial charge < -0.3 is 10.1 Å². The molecule has 0 aliphatic carbocycles. The zero-order valence-electron chi connectivity index (χ0n) is 11.6. The van der Waals surface area contributed by atoms with Crippen molar-refractivity contribution in [2.75, 3.05) is 6.61 Å². The van der Waals surface area contributed by atoms with Crippen molar-refractivity contribution in [1.82, 2.24) is 5.32 Å². The van der Waals surface area contributed by atoms with Gasteiger partial charge in [-0.05, 0) is 41.8 Å². The summed E-state index contributed by atoms with van der Waals surface area (Å²) < 4.78 is 5.55. The van der Waals surface area contributed by atoms with Crippen LogP contribution in [0.2, 0.25) is 0 Å². The maximum Gasteiger partial charge on any atom is 0.148 e. The van der Waals surface area contributed by atoms with Crippen LogP contribution in [0.5, 0.6) is 5.75 Å². The van der Waals surface area contributed by atoms with Crippen LogP contribution < -0.4 is 10.1 Å². The van der Waals surface area contributed by atoms with E-state index in [0.717, 1.165) is 24.3 Å². The number of terminal acetylenes is 1. The van der Waals surface area contributed by atoms with E-state index in [9.17, 15) is 0 Å². The Labute approximate surface area is 124 Å². The lowest BCUT2D eigenvalue weighted by atomic mass is 10.1. The minimum atomic E-state index is 0.307. The molecule has 2 aromatic rings. The van der Waals surface area contributed by atoms with Crippen molar-refractivity contribution >= 4 is 11.3 Å². The largest absolute Gasteiger partial charge is 0.481 e. The summed E-state index contributed by atoms with van der Waals surface area (Å²) in [6, 6.07) is 10.6. The zero-order chi connectivity index (χ0) is 14.2. The van der Waals surface area contributed by atoms with Gasteiger partial charge in [-0.25, -0.2) is 0 Å². The van der Waals surface area contributed by atoms with Crippen LogP contribution >= 0.6 is 11.3 Å². The fourth-order valence-corrected chi connectivity index (χ4v) is 2.71. The molecule has 2 nitrogen and oxygen atoms in total. The molecular weight excluding hydrogens is 266 g/mol. The van der Waals surface area contributed by atoms with E-state index >= 15 is 0 Å². The van der Waals surface area contributed by atoms with E-state index in [2.05, 4.69) is 41.1 Å². The smallest absolute Gasteiger partial charge is 0.148 e. The van der Waals surface area contributed by atoms with Crippen molar-refractivity contribution in [2.24, 2.45) is 0 Å². The molecule has 0 aliphatic heterocycles. The van der Waals surface area contributed by atoms with Gasteiger partial charge in [0.05, 0.1) is 0 Å². The first-order valence-electron chi connectivity index (χ1n) is 6.68. The van der Waals surface area contributed by atoms with Crippen LogP contribution in [0.1, 0.15) is 18.1 Å². The predicted octanol–water partition coefficient (Wildman–Crippen LogP) is 3.48. The van der Waals surface area contributed by atoms with Crippen molar-refractivity contribution in [3.05, 3.63) is 52.2 Å². The molecule has 1 atom stereocenters. The molecule has 0 amide bonds. The number of hydrogen-bond donors (Lipinski definition) is 1. The number of nitrogens with one attached hydrogen (secondary N) is 1. The van der Waals surface area contributed by atoms with E-state index < -0.39 is 0 Å². The van der Waals surface area contributed by atoms with E-state index in [-0.39, 0.29) is 0 Å². The van der Waals surface area contributed by atoms with Gasteiger partial charge >= 0.3 is 0 Å². The SMILES string of the molecule is C#CCOc1ccccc1CNC(C)Cc1ccsc1. The molecule has 0 spiro atoms. The standard InChI is InChI=1S/C17H19NOS/c1-3-9-19-17-7-5-4-6-16(17)12-18-14(2)11-15-8-10-20-13-15/h1,4-8,10,13-14,18H,9,11-12H2,2H3. The Morgan fingerprint density at radius 2 is 2.20 bits per heavy atom. The third-order valence-corrected chi connectivity index (χ3v) is 3.78. The number of rotatable bonds is 7. The summed E-state index contributed by atoms with van der Waals surface area (Å²) in [6.07, 6.45) is 6.27. The van der Waals surface area contributed by atoms with Gasteiger partial charge in [-0.2, -0.15) is 11.3 Å². The van der Waals surface area contributed by atoms with Crippen LogP contribution in [0.25, 0.3) is 0 Å². The topological polar surface area (TPSA) is 21.3 Å². The van der Waals surface area contributed by atoms with E-state index in [1.807, 2.05) is 18.2 Å². The quantitative estimate of drug-likeness (QED) is 0.786. The molecule has 20 heavy (non-hydrogen) atoms. The van der Waals surface area contributed by atoms with Crippen molar-refractivity contribution in [1.29, 1.82) is 0 Å². The molecule has 2 rings (SSSR count). The predicted molar refractivity (Wildman–Crippen MR) is 85.1 cm³/mol. The first kappa shape index (κ1) is 14.6. The molecule has 3 heteroatoms. The van der Waals surface area contributed by atoms with Gasteiger partial charge in [0.15, 0.2) is 0 Å². The molecule has 0 bridgehead atoms. The molecule has 1 unspecified atom stereocenters. The van der Waals surface area contributed by atoms with Crippen molar-refractivity contribution in [3.63, 3.8) is 0 Å².